The van der Waals surface area contributed by atoms with Gasteiger partial charge in [0.25, 0.3) is 0 Å². The number of benzene rings is 1. The van der Waals surface area contributed by atoms with Crippen LogP contribution in [0.25, 0.3) is 0 Å². The number of nitrogens with zero attached hydrogens (tertiary/aromatic N) is 2. The molecule has 1 aromatic heterocycles. The van der Waals surface area contributed by atoms with Gasteiger partial charge < -0.3 is 5.32 Å². The molecule has 0 atom stereocenters. The highest BCUT2D eigenvalue weighted by Gasteiger charge is 2.01. The summed E-state index contributed by atoms with van der Waals surface area (Å²) in [5, 5.41) is 7.34. The van der Waals surface area contributed by atoms with Crippen LogP contribution in [0, 0.1) is 12.7 Å². The fourth-order valence-electron chi connectivity index (χ4n) is 1.76. The summed E-state index contributed by atoms with van der Waals surface area (Å²) in [6, 6.07) is 6.77. The number of hydrogen-bond donors (Lipinski definition) is 1. The maximum Gasteiger partial charge on any atom is 0.125 e. The molecule has 2 rings (SSSR count). The van der Waals surface area contributed by atoms with Crippen molar-refractivity contribution in [2.75, 3.05) is 11.9 Å². The minimum Gasteiger partial charge on any atom is -0.384 e. The maximum atomic E-state index is 13.1. The lowest BCUT2D eigenvalue weighted by Crippen LogP contribution is -2.09. The number of halogens is 1. The molecular formula is C13H16FN3. The lowest BCUT2D eigenvalue weighted by Gasteiger charge is -2.09. The number of aromatic nitrogens is 2. The molecule has 3 nitrogen and oxygen atoms in total. The fraction of sp³-hybridized carbons (Fsp3) is 0.308. The van der Waals surface area contributed by atoms with Gasteiger partial charge in [-0.2, -0.15) is 5.10 Å². The molecule has 1 aromatic carbocycles. The Morgan fingerprint density at radius 1 is 1.35 bits per heavy atom. The van der Waals surface area contributed by atoms with Crippen molar-refractivity contribution in [1.82, 2.24) is 9.78 Å². The van der Waals surface area contributed by atoms with E-state index in [1.807, 2.05) is 24.7 Å². The molecule has 0 fully saturated rings. The van der Waals surface area contributed by atoms with Gasteiger partial charge in [-0.1, -0.05) is 6.07 Å². The molecule has 0 aliphatic carbocycles. The second kappa shape index (κ2) is 4.99. The van der Waals surface area contributed by atoms with Crippen LogP contribution in [0.4, 0.5) is 10.1 Å². The van der Waals surface area contributed by atoms with Gasteiger partial charge in [0.05, 0.1) is 0 Å². The van der Waals surface area contributed by atoms with Crippen molar-refractivity contribution >= 4 is 5.69 Å². The Labute approximate surface area is 100 Å². The molecule has 1 N–H and O–H groups in total. The van der Waals surface area contributed by atoms with Gasteiger partial charge in [-0.05, 0) is 30.7 Å². The molecule has 90 valence electrons. The van der Waals surface area contributed by atoms with Gasteiger partial charge in [0, 0.05) is 37.6 Å². The summed E-state index contributed by atoms with van der Waals surface area (Å²) in [6.45, 7) is 2.73. The summed E-state index contributed by atoms with van der Waals surface area (Å²) < 4.78 is 14.9. The molecule has 0 radical (unpaired) electrons. The molecule has 1 heterocycles. The highest BCUT2D eigenvalue weighted by Crippen LogP contribution is 2.15. The third-order valence-corrected chi connectivity index (χ3v) is 2.82. The zero-order chi connectivity index (χ0) is 12.3. The van der Waals surface area contributed by atoms with Crippen LogP contribution in [-0.2, 0) is 13.5 Å². The van der Waals surface area contributed by atoms with E-state index in [1.54, 1.807) is 12.3 Å². The summed E-state index contributed by atoms with van der Waals surface area (Å²) in [5.74, 6) is -0.210. The van der Waals surface area contributed by atoms with Crippen molar-refractivity contribution in [1.29, 1.82) is 0 Å². The van der Waals surface area contributed by atoms with E-state index in [1.165, 1.54) is 12.1 Å². The first kappa shape index (κ1) is 11.6. The van der Waals surface area contributed by atoms with E-state index >= 15 is 0 Å². The lowest BCUT2D eigenvalue weighted by molar-refractivity contribution is 0.627. The lowest BCUT2D eigenvalue weighted by atomic mass is 10.2. The molecule has 0 aliphatic rings. The Morgan fingerprint density at radius 3 is 2.88 bits per heavy atom. The molecule has 0 spiro atoms. The van der Waals surface area contributed by atoms with Crippen molar-refractivity contribution in [3.8, 4) is 0 Å². The van der Waals surface area contributed by atoms with Gasteiger partial charge in [0.15, 0.2) is 0 Å². The molecule has 0 saturated carbocycles. The van der Waals surface area contributed by atoms with Crippen LogP contribution in [-0.4, -0.2) is 16.3 Å². The Hall–Kier alpha value is -1.84. The average molecular weight is 233 g/mol. The summed E-state index contributed by atoms with van der Waals surface area (Å²) in [7, 11) is 1.92. The second-order valence-corrected chi connectivity index (χ2v) is 4.08. The Bertz CT molecular complexity index is 505. The quantitative estimate of drug-likeness (QED) is 0.879. The van der Waals surface area contributed by atoms with Crippen molar-refractivity contribution in [2.24, 2.45) is 7.05 Å². The summed E-state index contributed by atoms with van der Waals surface area (Å²) in [4.78, 5) is 0. The van der Waals surface area contributed by atoms with Crippen molar-refractivity contribution in [2.45, 2.75) is 13.3 Å². The Balaban J connectivity index is 1.94. The monoisotopic (exact) mass is 233 g/mol. The summed E-state index contributed by atoms with van der Waals surface area (Å²) >= 11 is 0. The molecule has 17 heavy (non-hydrogen) atoms. The van der Waals surface area contributed by atoms with Crippen LogP contribution >= 0.6 is 0 Å². The van der Waals surface area contributed by atoms with E-state index in [-0.39, 0.29) is 5.82 Å². The van der Waals surface area contributed by atoms with Gasteiger partial charge in [0.2, 0.25) is 0 Å². The molecule has 0 unspecified atom stereocenters. The van der Waals surface area contributed by atoms with Crippen LogP contribution in [0.5, 0.6) is 0 Å². The molecule has 0 saturated heterocycles. The molecule has 0 aliphatic heterocycles. The van der Waals surface area contributed by atoms with E-state index in [0.29, 0.717) is 0 Å². The number of anilines is 1. The van der Waals surface area contributed by atoms with Gasteiger partial charge in [-0.25, -0.2) is 4.39 Å². The third-order valence-electron chi connectivity index (χ3n) is 2.82. The van der Waals surface area contributed by atoms with Crippen LogP contribution in [0.1, 0.15) is 11.3 Å². The molecule has 0 bridgehead atoms. The standard InChI is InChI=1S/C13H16FN3/c1-10-3-4-11(14)9-13(10)15-7-5-12-6-8-16-17(12)2/h3-4,6,8-9,15H,5,7H2,1-2H3. The van der Waals surface area contributed by atoms with Gasteiger partial charge in [-0.3, -0.25) is 4.68 Å². The smallest absolute Gasteiger partial charge is 0.125 e. The zero-order valence-electron chi connectivity index (χ0n) is 10.1. The predicted molar refractivity (Wildman–Crippen MR) is 66.5 cm³/mol. The van der Waals surface area contributed by atoms with Gasteiger partial charge >= 0.3 is 0 Å². The SMILES string of the molecule is Cc1ccc(F)cc1NCCc1ccnn1C. The van der Waals surface area contributed by atoms with E-state index in [2.05, 4.69) is 10.4 Å². The molecule has 0 amide bonds. The average Bonchev–Trinajstić information content (AvgIpc) is 2.70. The first-order valence-corrected chi connectivity index (χ1v) is 5.64. The van der Waals surface area contributed by atoms with E-state index < -0.39 is 0 Å². The van der Waals surface area contributed by atoms with Gasteiger partial charge in [0.1, 0.15) is 5.82 Å². The first-order chi connectivity index (χ1) is 8.16. The van der Waals surface area contributed by atoms with Crippen LogP contribution in [0.3, 0.4) is 0 Å². The fourth-order valence-corrected chi connectivity index (χ4v) is 1.76. The number of hydrogen-bond acceptors (Lipinski definition) is 2. The summed E-state index contributed by atoms with van der Waals surface area (Å²) in [5.41, 5.74) is 3.06. The third kappa shape index (κ3) is 2.84. The van der Waals surface area contributed by atoms with Crippen molar-refractivity contribution < 1.29 is 4.39 Å². The second-order valence-electron chi connectivity index (χ2n) is 4.08. The number of aryl methyl sites for hydroxylation is 2. The highest BCUT2D eigenvalue weighted by molar-refractivity contribution is 5.50. The Morgan fingerprint density at radius 2 is 2.18 bits per heavy atom. The molecular weight excluding hydrogens is 217 g/mol. The van der Waals surface area contributed by atoms with Crippen LogP contribution in [0.15, 0.2) is 30.5 Å². The van der Waals surface area contributed by atoms with E-state index in [9.17, 15) is 4.39 Å². The topological polar surface area (TPSA) is 29.9 Å². The first-order valence-electron chi connectivity index (χ1n) is 5.64. The maximum absolute atomic E-state index is 13.1. The number of nitrogens with one attached hydrogen (secondary N) is 1. The largest absolute Gasteiger partial charge is 0.384 e. The zero-order valence-corrected chi connectivity index (χ0v) is 10.1. The van der Waals surface area contributed by atoms with Crippen molar-refractivity contribution in [3.63, 3.8) is 0 Å². The minimum absolute atomic E-state index is 0.210. The van der Waals surface area contributed by atoms with Crippen LogP contribution in [0.2, 0.25) is 0 Å². The molecule has 4 heteroatoms. The molecule has 2 aromatic rings. The number of rotatable bonds is 4. The van der Waals surface area contributed by atoms with E-state index in [0.717, 1.165) is 29.9 Å². The Kier molecular flexibility index (Phi) is 3.42. The predicted octanol–water partition coefficient (Wildman–Crippen LogP) is 2.52. The highest BCUT2D eigenvalue weighted by atomic mass is 19.1. The normalized spacial score (nSPS) is 10.5. The van der Waals surface area contributed by atoms with E-state index in [4.69, 9.17) is 0 Å². The summed E-state index contributed by atoms with van der Waals surface area (Å²) in [6.07, 6.45) is 2.65. The van der Waals surface area contributed by atoms with Crippen LogP contribution < -0.4 is 5.32 Å². The van der Waals surface area contributed by atoms with Gasteiger partial charge in [-0.15, -0.1) is 0 Å². The minimum atomic E-state index is -0.210. The van der Waals surface area contributed by atoms with Crippen molar-refractivity contribution in [3.05, 3.63) is 47.5 Å².